The van der Waals surface area contributed by atoms with Gasteiger partial charge in [0.1, 0.15) is 11.6 Å². The normalized spacial score (nSPS) is 10.8. The van der Waals surface area contributed by atoms with Crippen LogP contribution in [0.4, 0.5) is 0 Å². The first-order chi connectivity index (χ1) is 12.8. The Kier molecular flexibility index (Phi) is 6.25. The van der Waals surface area contributed by atoms with Crippen molar-refractivity contribution in [3.05, 3.63) is 60.4 Å². The van der Waals surface area contributed by atoms with Gasteiger partial charge in [-0.2, -0.15) is 0 Å². The fraction of sp³-hybridized carbons (Fsp3) is 0.333. The Labute approximate surface area is 154 Å². The predicted molar refractivity (Wildman–Crippen MR) is 103 cm³/mol. The molecular weight excluding hydrogens is 326 g/mol. The minimum atomic E-state index is -0.152. The number of unbranched alkanes of at least 4 members (excludes halogenated alkanes) is 2. The quantitative estimate of drug-likeness (QED) is 0.595. The zero-order chi connectivity index (χ0) is 18.2. The maximum Gasteiger partial charge on any atom is 0.258 e. The van der Waals surface area contributed by atoms with E-state index in [1.165, 1.54) is 12.8 Å². The Bertz CT molecular complexity index is 843. The third-order valence-corrected chi connectivity index (χ3v) is 4.28. The number of aryl methyl sites for hydroxylation is 1. The van der Waals surface area contributed by atoms with Crippen molar-refractivity contribution in [2.45, 2.75) is 39.3 Å². The van der Waals surface area contributed by atoms with Crippen LogP contribution < -0.4 is 10.1 Å². The van der Waals surface area contributed by atoms with Crippen LogP contribution in [0.2, 0.25) is 0 Å². The standard InChI is InChI=1S/C21H25N3O2/c1-2-3-9-14-24-19-13-8-7-12-18(19)23-20(24)15-22-21(25)16-26-17-10-5-4-6-11-17/h4-8,10-13H,2-3,9,14-16H2,1H3,(H,22,25). The number of para-hydroxylation sites is 3. The summed E-state index contributed by atoms with van der Waals surface area (Å²) in [7, 11) is 0. The number of hydrogen-bond acceptors (Lipinski definition) is 3. The molecule has 0 spiro atoms. The summed E-state index contributed by atoms with van der Waals surface area (Å²) in [5, 5.41) is 2.91. The lowest BCUT2D eigenvalue weighted by molar-refractivity contribution is -0.123. The summed E-state index contributed by atoms with van der Waals surface area (Å²) in [5.41, 5.74) is 2.09. The molecule has 1 heterocycles. The topological polar surface area (TPSA) is 56.2 Å². The highest BCUT2D eigenvalue weighted by molar-refractivity contribution is 5.78. The molecule has 0 bridgehead atoms. The van der Waals surface area contributed by atoms with Gasteiger partial charge >= 0.3 is 0 Å². The van der Waals surface area contributed by atoms with Gasteiger partial charge in [0.15, 0.2) is 6.61 Å². The predicted octanol–water partition coefficient (Wildman–Crippen LogP) is 3.92. The molecule has 0 aliphatic carbocycles. The van der Waals surface area contributed by atoms with Crippen molar-refractivity contribution in [2.75, 3.05) is 6.61 Å². The Balaban J connectivity index is 1.62. The number of rotatable bonds is 9. The van der Waals surface area contributed by atoms with Gasteiger partial charge in [0.2, 0.25) is 0 Å². The molecule has 0 radical (unpaired) electrons. The van der Waals surface area contributed by atoms with Crippen molar-refractivity contribution in [1.29, 1.82) is 0 Å². The van der Waals surface area contributed by atoms with Gasteiger partial charge in [0.05, 0.1) is 17.6 Å². The second-order valence-corrected chi connectivity index (χ2v) is 6.25. The van der Waals surface area contributed by atoms with Crippen molar-refractivity contribution in [1.82, 2.24) is 14.9 Å². The summed E-state index contributed by atoms with van der Waals surface area (Å²) in [4.78, 5) is 16.8. The number of ether oxygens (including phenoxy) is 1. The van der Waals surface area contributed by atoms with E-state index in [9.17, 15) is 4.79 Å². The van der Waals surface area contributed by atoms with Crippen LogP contribution in [0.25, 0.3) is 11.0 Å². The van der Waals surface area contributed by atoms with Crippen LogP contribution in [-0.4, -0.2) is 22.1 Å². The van der Waals surface area contributed by atoms with Crippen molar-refractivity contribution < 1.29 is 9.53 Å². The van der Waals surface area contributed by atoms with E-state index in [1.807, 2.05) is 48.5 Å². The zero-order valence-corrected chi connectivity index (χ0v) is 15.1. The molecule has 3 rings (SSSR count). The van der Waals surface area contributed by atoms with Gasteiger partial charge < -0.3 is 14.6 Å². The Morgan fingerprint density at radius 1 is 1.08 bits per heavy atom. The van der Waals surface area contributed by atoms with Crippen LogP contribution in [0, 0.1) is 0 Å². The maximum absolute atomic E-state index is 12.1. The fourth-order valence-corrected chi connectivity index (χ4v) is 2.92. The van der Waals surface area contributed by atoms with Gasteiger partial charge in [0.25, 0.3) is 5.91 Å². The molecule has 3 aromatic rings. The average molecular weight is 351 g/mol. The SMILES string of the molecule is CCCCCn1c(CNC(=O)COc2ccccc2)nc2ccccc21. The molecule has 1 aromatic heterocycles. The number of nitrogens with zero attached hydrogens (tertiary/aromatic N) is 2. The number of aromatic nitrogens is 2. The Morgan fingerprint density at radius 2 is 1.85 bits per heavy atom. The van der Waals surface area contributed by atoms with Crippen LogP contribution in [-0.2, 0) is 17.9 Å². The number of carbonyl (C=O) groups is 1. The largest absolute Gasteiger partial charge is 0.484 e. The third-order valence-electron chi connectivity index (χ3n) is 4.28. The van der Waals surface area contributed by atoms with Crippen LogP contribution in [0.3, 0.4) is 0 Å². The van der Waals surface area contributed by atoms with Crippen LogP contribution in [0.5, 0.6) is 5.75 Å². The summed E-state index contributed by atoms with van der Waals surface area (Å²) < 4.78 is 7.70. The summed E-state index contributed by atoms with van der Waals surface area (Å²) in [5.74, 6) is 1.42. The summed E-state index contributed by atoms with van der Waals surface area (Å²) in [6.07, 6.45) is 3.47. The molecule has 26 heavy (non-hydrogen) atoms. The van der Waals surface area contributed by atoms with E-state index in [2.05, 4.69) is 27.9 Å². The van der Waals surface area contributed by atoms with Crippen molar-refractivity contribution in [3.8, 4) is 5.75 Å². The molecule has 0 fully saturated rings. The molecule has 0 aliphatic heterocycles. The van der Waals surface area contributed by atoms with E-state index in [0.29, 0.717) is 12.3 Å². The number of amides is 1. The number of benzene rings is 2. The first-order valence-electron chi connectivity index (χ1n) is 9.16. The van der Waals surface area contributed by atoms with Crippen molar-refractivity contribution in [2.24, 2.45) is 0 Å². The molecule has 0 saturated heterocycles. The van der Waals surface area contributed by atoms with Gasteiger partial charge in [-0.3, -0.25) is 4.79 Å². The van der Waals surface area contributed by atoms with Crippen LogP contribution in [0.15, 0.2) is 54.6 Å². The van der Waals surface area contributed by atoms with E-state index in [0.717, 1.165) is 29.8 Å². The molecule has 0 saturated carbocycles. The molecule has 1 N–H and O–H groups in total. The Morgan fingerprint density at radius 3 is 2.65 bits per heavy atom. The molecule has 0 atom stereocenters. The highest BCUT2D eigenvalue weighted by Gasteiger charge is 2.11. The third kappa shape index (κ3) is 4.63. The lowest BCUT2D eigenvalue weighted by atomic mass is 10.2. The lowest BCUT2D eigenvalue weighted by Gasteiger charge is -2.10. The van der Waals surface area contributed by atoms with Crippen molar-refractivity contribution in [3.63, 3.8) is 0 Å². The van der Waals surface area contributed by atoms with Crippen molar-refractivity contribution >= 4 is 16.9 Å². The second-order valence-electron chi connectivity index (χ2n) is 6.25. The summed E-state index contributed by atoms with van der Waals surface area (Å²) in [6.45, 7) is 3.51. The first-order valence-corrected chi connectivity index (χ1v) is 9.16. The molecule has 0 aliphatic rings. The zero-order valence-electron chi connectivity index (χ0n) is 15.1. The van der Waals surface area contributed by atoms with E-state index in [1.54, 1.807) is 0 Å². The number of nitrogens with one attached hydrogen (secondary N) is 1. The van der Waals surface area contributed by atoms with E-state index >= 15 is 0 Å². The number of imidazole rings is 1. The molecule has 1 amide bonds. The van der Waals surface area contributed by atoms with Gasteiger partial charge in [-0.1, -0.05) is 50.1 Å². The molecule has 0 unspecified atom stereocenters. The molecule has 136 valence electrons. The van der Waals surface area contributed by atoms with Crippen LogP contribution >= 0.6 is 0 Å². The van der Waals surface area contributed by atoms with Gasteiger partial charge in [0, 0.05) is 6.54 Å². The molecule has 2 aromatic carbocycles. The van der Waals surface area contributed by atoms with Gasteiger partial charge in [-0.15, -0.1) is 0 Å². The molecular formula is C21H25N3O2. The fourth-order valence-electron chi connectivity index (χ4n) is 2.92. The molecule has 5 nitrogen and oxygen atoms in total. The number of carbonyl (C=O) groups excluding carboxylic acids is 1. The maximum atomic E-state index is 12.1. The van der Waals surface area contributed by atoms with Crippen LogP contribution in [0.1, 0.15) is 32.0 Å². The highest BCUT2D eigenvalue weighted by atomic mass is 16.5. The lowest BCUT2D eigenvalue weighted by Crippen LogP contribution is -2.29. The first kappa shape index (κ1) is 18.0. The average Bonchev–Trinajstić information content (AvgIpc) is 3.03. The highest BCUT2D eigenvalue weighted by Crippen LogP contribution is 2.17. The second kappa shape index (κ2) is 9.04. The Hall–Kier alpha value is -2.82. The van der Waals surface area contributed by atoms with E-state index in [4.69, 9.17) is 4.74 Å². The monoisotopic (exact) mass is 351 g/mol. The smallest absolute Gasteiger partial charge is 0.258 e. The summed E-state index contributed by atoms with van der Waals surface area (Å²) in [6, 6.07) is 17.4. The number of fused-ring (bicyclic) bond motifs is 1. The minimum absolute atomic E-state index is 0.0000758. The van der Waals surface area contributed by atoms with E-state index < -0.39 is 0 Å². The minimum Gasteiger partial charge on any atom is -0.484 e. The number of hydrogen-bond donors (Lipinski definition) is 1. The van der Waals surface area contributed by atoms with Gasteiger partial charge in [-0.25, -0.2) is 4.98 Å². The summed E-state index contributed by atoms with van der Waals surface area (Å²) >= 11 is 0. The molecule has 5 heteroatoms. The van der Waals surface area contributed by atoms with E-state index in [-0.39, 0.29) is 12.5 Å². The van der Waals surface area contributed by atoms with Gasteiger partial charge in [-0.05, 0) is 30.7 Å².